The van der Waals surface area contributed by atoms with E-state index in [4.69, 9.17) is 16.2 Å². The smallest absolute Gasteiger partial charge is 0.255 e. The summed E-state index contributed by atoms with van der Waals surface area (Å²) < 4.78 is 5.35. The molecular formula is C23H27N5O3. The first-order valence-corrected chi connectivity index (χ1v) is 9.55. The molecule has 0 aromatic heterocycles. The van der Waals surface area contributed by atoms with Crippen LogP contribution in [0.3, 0.4) is 0 Å². The first kappa shape index (κ1) is 23.3. The van der Waals surface area contributed by atoms with Gasteiger partial charge in [-0.05, 0) is 43.7 Å². The van der Waals surface area contributed by atoms with E-state index in [-0.39, 0.29) is 30.5 Å². The Kier molecular flexibility index (Phi) is 7.64. The van der Waals surface area contributed by atoms with Gasteiger partial charge in [0.2, 0.25) is 5.91 Å². The van der Waals surface area contributed by atoms with E-state index in [1.807, 2.05) is 13.0 Å². The second-order valence-electron chi connectivity index (χ2n) is 7.05. The average molecular weight is 422 g/mol. The van der Waals surface area contributed by atoms with E-state index >= 15 is 0 Å². The average Bonchev–Trinajstić information content (AvgIpc) is 2.74. The molecule has 1 aliphatic rings. The Bertz CT molecular complexity index is 1030. The SMILES string of the molecule is C=C(/C=C\C(=C/N)OCC#CC)C(=O)Nc1cccc(C2(C)CC(=O)N(C)C(N)=N2)c1. The van der Waals surface area contributed by atoms with Crippen LogP contribution >= 0.6 is 0 Å². The summed E-state index contributed by atoms with van der Waals surface area (Å²) in [5, 5.41) is 2.78. The maximum atomic E-state index is 12.5. The van der Waals surface area contributed by atoms with Crippen LogP contribution in [0.4, 0.5) is 5.69 Å². The minimum Gasteiger partial charge on any atom is -0.479 e. The van der Waals surface area contributed by atoms with Crippen LogP contribution in [0.25, 0.3) is 0 Å². The topological polar surface area (TPSA) is 123 Å². The molecule has 0 aliphatic carbocycles. The molecule has 1 heterocycles. The highest BCUT2D eigenvalue weighted by atomic mass is 16.5. The largest absolute Gasteiger partial charge is 0.479 e. The summed E-state index contributed by atoms with van der Waals surface area (Å²) in [6, 6.07) is 7.13. The number of hydrogen-bond acceptors (Lipinski definition) is 6. The van der Waals surface area contributed by atoms with E-state index in [9.17, 15) is 9.59 Å². The van der Waals surface area contributed by atoms with Crippen molar-refractivity contribution >= 4 is 23.5 Å². The highest BCUT2D eigenvalue weighted by Gasteiger charge is 2.36. The molecule has 162 valence electrons. The number of hydrogen-bond donors (Lipinski definition) is 3. The first-order chi connectivity index (χ1) is 14.7. The van der Waals surface area contributed by atoms with Gasteiger partial charge in [0.25, 0.3) is 5.91 Å². The second kappa shape index (κ2) is 10.2. The normalized spacial score (nSPS) is 18.8. The van der Waals surface area contributed by atoms with E-state index in [1.165, 1.54) is 17.2 Å². The van der Waals surface area contributed by atoms with Gasteiger partial charge in [0.15, 0.2) is 5.96 Å². The fourth-order valence-corrected chi connectivity index (χ4v) is 2.82. The lowest BCUT2D eigenvalue weighted by molar-refractivity contribution is -0.128. The number of carbonyl (C=O) groups is 2. The van der Waals surface area contributed by atoms with Gasteiger partial charge in [-0.25, -0.2) is 4.99 Å². The number of amides is 2. The van der Waals surface area contributed by atoms with E-state index in [0.717, 1.165) is 5.56 Å². The lowest BCUT2D eigenvalue weighted by atomic mass is 9.87. The third-order valence-corrected chi connectivity index (χ3v) is 4.71. The molecule has 0 radical (unpaired) electrons. The minimum absolute atomic E-state index is 0.126. The van der Waals surface area contributed by atoms with E-state index in [2.05, 4.69) is 28.7 Å². The van der Waals surface area contributed by atoms with Crippen molar-refractivity contribution < 1.29 is 14.3 Å². The van der Waals surface area contributed by atoms with Crippen molar-refractivity contribution in [2.75, 3.05) is 19.0 Å². The van der Waals surface area contributed by atoms with Gasteiger partial charge in [-0.15, -0.1) is 5.92 Å². The number of benzene rings is 1. The fourth-order valence-electron chi connectivity index (χ4n) is 2.82. The van der Waals surface area contributed by atoms with Crippen molar-refractivity contribution in [3.8, 4) is 11.8 Å². The molecule has 1 unspecified atom stereocenters. The number of guanidine groups is 1. The van der Waals surface area contributed by atoms with Crippen molar-refractivity contribution in [2.24, 2.45) is 16.5 Å². The zero-order valence-electron chi connectivity index (χ0n) is 17.9. The highest BCUT2D eigenvalue weighted by molar-refractivity contribution is 6.05. The molecule has 0 saturated carbocycles. The Hall–Kier alpha value is -3.99. The van der Waals surface area contributed by atoms with Crippen LogP contribution in [-0.2, 0) is 19.9 Å². The molecule has 8 heteroatoms. The van der Waals surface area contributed by atoms with Crippen LogP contribution in [0.1, 0.15) is 25.8 Å². The van der Waals surface area contributed by atoms with Crippen LogP contribution < -0.4 is 16.8 Å². The Balaban J connectivity index is 2.11. The van der Waals surface area contributed by atoms with Gasteiger partial charge < -0.3 is 21.5 Å². The Morgan fingerprint density at radius 2 is 2.19 bits per heavy atom. The molecule has 2 rings (SSSR count). The highest BCUT2D eigenvalue weighted by Crippen LogP contribution is 2.34. The van der Waals surface area contributed by atoms with Gasteiger partial charge in [0.1, 0.15) is 12.4 Å². The van der Waals surface area contributed by atoms with E-state index in [0.29, 0.717) is 11.4 Å². The number of rotatable bonds is 7. The molecule has 31 heavy (non-hydrogen) atoms. The number of ether oxygens (including phenoxy) is 1. The Morgan fingerprint density at radius 3 is 2.84 bits per heavy atom. The van der Waals surface area contributed by atoms with Crippen molar-refractivity contribution in [1.29, 1.82) is 0 Å². The molecular weight excluding hydrogens is 394 g/mol. The minimum atomic E-state index is -0.815. The Labute approximate surface area is 182 Å². The van der Waals surface area contributed by atoms with Gasteiger partial charge >= 0.3 is 0 Å². The molecule has 0 bridgehead atoms. The van der Waals surface area contributed by atoms with Crippen LogP contribution in [0.15, 0.2) is 65.5 Å². The maximum Gasteiger partial charge on any atom is 0.255 e. The third-order valence-electron chi connectivity index (χ3n) is 4.71. The predicted molar refractivity (Wildman–Crippen MR) is 121 cm³/mol. The molecule has 1 aromatic carbocycles. The standard InChI is InChI=1S/C23H27N5O3/c1-5-6-12-31-19(15-24)11-10-16(2)21(30)26-18-9-7-8-17(13-18)23(3)14-20(29)28(4)22(25)27-23/h7-11,13,15H,2,12,14,24H2,1,3-4H3,(H2,25,27)(H,26,30)/b11-10-,19-15+. The second-order valence-corrected chi connectivity index (χ2v) is 7.05. The lowest BCUT2D eigenvalue weighted by Gasteiger charge is -2.33. The summed E-state index contributed by atoms with van der Waals surface area (Å²) in [5.41, 5.74) is 12.1. The van der Waals surface area contributed by atoms with Gasteiger partial charge in [0, 0.05) is 24.5 Å². The zero-order valence-corrected chi connectivity index (χ0v) is 17.9. The molecule has 1 atom stereocenters. The van der Waals surface area contributed by atoms with E-state index < -0.39 is 11.4 Å². The molecule has 5 N–H and O–H groups in total. The molecule has 0 saturated heterocycles. The van der Waals surface area contributed by atoms with Crippen molar-refractivity contribution in [3.05, 3.63) is 66.1 Å². The lowest BCUT2D eigenvalue weighted by Crippen LogP contribution is -2.47. The van der Waals surface area contributed by atoms with Crippen LogP contribution in [-0.4, -0.2) is 36.3 Å². The monoisotopic (exact) mass is 421 g/mol. The zero-order chi connectivity index (χ0) is 23.0. The summed E-state index contributed by atoms with van der Waals surface area (Å²) in [5.74, 6) is 5.47. The van der Waals surface area contributed by atoms with Crippen LogP contribution in [0.2, 0.25) is 0 Å². The number of nitrogens with one attached hydrogen (secondary N) is 1. The number of allylic oxidation sites excluding steroid dienone is 1. The fraction of sp³-hybridized carbons (Fsp3) is 0.261. The number of nitrogens with zero attached hydrogens (tertiary/aromatic N) is 2. The van der Waals surface area contributed by atoms with Crippen molar-refractivity contribution in [1.82, 2.24) is 4.90 Å². The predicted octanol–water partition coefficient (Wildman–Crippen LogP) is 1.97. The van der Waals surface area contributed by atoms with Gasteiger partial charge in [-0.3, -0.25) is 14.5 Å². The summed E-state index contributed by atoms with van der Waals surface area (Å²) in [6.45, 7) is 7.50. The van der Waals surface area contributed by atoms with Crippen LogP contribution in [0, 0.1) is 11.8 Å². The number of nitrogens with two attached hydrogens (primary N) is 2. The Morgan fingerprint density at radius 1 is 1.45 bits per heavy atom. The molecule has 2 amide bonds. The molecule has 0 fully saturated rings. The van der Waals surface area contributed by atoms with Gasteiger partial charge in [-0.2, -0.15) is 0 Å². The maximum absolute atomic E-state index is 12.5. The van der Waals surface area contributed by atoms with Gasteiger partial charge in [0.05, 0.1) is 12.0 Å². The first-order valence-electron chi connectivity index (χ1n) is 9.55. The number of aliphatic imine (C=N–C) groups is 1. The summed E-state index contributed by atoms with van der Waals surface area (Å²) in [6.07, 6.45) is 4.49. The summed E-state index contributed by atoms with van der Waals surface area (Å²) in [7, 11) is 1.59. The van der Waals surface area contributed by atoms with E-state index in [1.54, 1.807) is 38.2 Å². The number of carbonyl (C=O) groups excluding carboxylic acids is 2. The van der Waals surface area contributed by atoms with Gasteiger partial charge in [-0.1, -0.05) is 24.6 Å². The summed E-state index contributed by atoms with van der Waals surface area (Å²) >= 11 is 0. The molecule has 8 nitrogen and oxygen atoms in total. The summed E-state index contributed by atoms with van der Waals surface area (Å²) in [4.78, 5) is 30.5. The quantitative estimate of drug-likeness (QED) is 0.269. The molecule has 0 spiro atoms. The van der Waals surface area contributed by atoms with Crippen LogP contribution in [0.5, 0.6) is 0 Å². The third kappa shape index (κ3) is 6.00. The molecule has 1 aromatic rings. The number of anilines is 1. The molecule has 1 aliphatic heterocycles. The van der Waals surface area contributed by atoms with Crippen molar-refractivity contribution in [3.63, 3.8) is 0 Å². The van der Waals surface area contributed by atoms with Crippen molar-refractivity contribution in [2.45, 2.75) is 25.8 Å².